The van der Waals surface area contributed by atoms with Crippen LogP contribution in [0.3, 0.4) is 0 Å². The number of carboxylic acids is 1. The van der Waals surface area contributed by atoms with Crippen molar-refractivity contribution in [3.05, 3.63) is 0 Å². The molecule has 1 aliphatic heterocycles. The van der Waals surface area contributed by atoms with Gasteiger partial charge in [0.1, 0.15) is 6.04 Å². The van der Waals surface area contributed by atoms with Crippen LogP contribution in [0.2, 0.25) is 0 Å². The van der Waals surface area contributed by atoms with Crippen LogP contribution >= 0.6 is 11.8 Å². The Morgan fingerprint density at radius 2 is 2.29 bits per heavy atom. The molecule has 0 aromatic heterocycles. The molecule has 0 aliphatic carbocycles. The van der Waals surface area contributed by atoms with Crippen molar-refractivity contribution in [1.29, 1.82) is 0 Å². The van der Waals surface area contributed by atoms with Crippen molar-refractivity contribution in [2.45, 2.75) is 25.8 Å². The maximum absolute atomic E-state index is 11.8. The van der Waals surface area contributed by atoms with E-state index in [1.807, 2.05) is 6.26 Å². The first-order chi connectivity index (χ1) is 8.04. The van der Waals surface area contributed by atoms with Crippen LogP contribution in [-0.4, -0.2) is 53.1 Å². The van der Waals surface area contributed by atoms with Gasteiger partial charge in [-0.3, -0.25) is 0 Å². The number of carboxylic acid groups (broad SMARTS) is 1. The summed E-state index contributed by atoms with van der Waals surface area (Å²) in [6.45, 7) is 3.54. The predicted octanol–water partition coefficient (Wildman–Crippen LogP) is 1.24. The molecule has 5 nitrogen and oxygen atoms in total. The summed E-state index contributed by atoms with van der Waals surface area (Å²) in [5, 5.41) is 11.6. The van der Waals surface area contributed by atoms with Gasteiger partial charge < -0.3 is 15.3 Å². The lowest BCUT2D eigenvalue weighted by atomic mass is 10.2. The molecule has 2 N–H and O–H groups in total. The molecule has 1 fully saturated rings. The Kier molecular flexibility index (Phi) is 5.61. The summed E-state index contributed by atoms with van der Waals surface area (Å²) < 4.78 is 0. The first-order valence-corrected chi connectivity index (χ1v) is 7.21. The molecule has 2 amide bonds. The van der Waals surface area contributed by atoms with Crippen LogP contribution in [0.1, 0.15) is 19.8 Å². The van der Waals surface area contributed by atoms with Gasteiger partial charge in [0.2, 0.25) is 0 Å². The predicted molar refractivity (Wildman–Crippen MR) is 68.3 cm³/mol. The number of carbonyl (C=O) groups is 2. The minimum atomic E-state index is -0.959. The van der Waals surface area contributed by atoms with Crippen molar-refractivity contribution >= 4 is 23.8 Å². The van der Waals surface area contributed by atoms with Crippen LogP contribution in [0.4, 0.5) is 4.79 Å². The highest BCUT2D eigenvalue weighted by molar-refractivity contribution is 7.98. The lowest BCUT2D eigenvalue weighted by Crippen LogP contribution is -2.47. The van der Waals surface area contributed by atoms with E-state index in [1.165, 1.54) is 0 Å². The topological polar surface area (TPSA) is 69.6 Å². The van der Waals surface area contributed by atoms with E-state index in [-0.39, 0.29) is 6.03 Å². The molecule has 0 aromatic carbocycles. The van der Waals surface area contributed by atoms with Crippen LogP contribution in [0.25, 0.3) is 0 Å². The molecule has 1 saturated heterocycles. The van der Waals surface area contributed by atoms with E-state index in [0.717, 1.165) is 25.3 Å². The van der Waals surface area contributed by atoms with Crippen molar-refractivity contribution < 1.29 is 14.7 Å². The summed E-state index contributed by atoms with van der Waals surface area (Å²) in [6.07, 6.45) is 3.38. The number of amides is 2. The molecule has 2 atom stereocenters. The van der Waals surface area contributed by atoms with E-state index in [1.54, 1.807) is 16.7 Å². The van der Waals surface area contributed by atoms with Crippen molar-refractivity contribution in [1.82, 2.24) is 10.2 Å². The average Bonchev–Trinajstić information content (AvgIpc) is 2.70. The van der Waals surface area contributed by atoms with Gasteiger partial charge in [0.05, 0.1) is 0 Å². The van der Waals surface area contributed by atoms with Crippen molar-refractivity contribution in [2.24, 2.45) is 5.92 Å². The molecule has 1 rings (SSSR count). The molecule has 0 aromatic rings. The van der Waals surface area contributed by atoms with Crippen molar-refractivity contribution in [3.8, 4) is 0 Å². The van der Waals surface area contributed by atoms with Crippen LogP contribution in [0.5, 0.6) is 0 Å². The molecule has 1 unspecified atom stereocenters. The van der Waals surface area contributed by atoms with E-state index in [4.69, 9.17) is 5.11 Å². The molecule has 98 valence electrons. The number of hydrogen-bond acceptors (Lipinski definition) is 3. The quantitative estimate of drug-likeness (QED) is 0.780. The van der Waals surface area contributed by atoms with Crippen LogP contribution in [-0.2, 0) is 4.79 Å². The van der Waals surface area contributed by atoms with Crippen molar-refractivity contribution in [3.63, 3.8) is 0 Å². The second-order valence-electron chi connectivity index (χ2n) is 4.46. The number of rotatable bonds is 5. The standard InChI is InChI=1S/C11H20N2O3S/c1-8-3-5-13(7-8)11(16)12-9(10(14)15)4-6-17-2/h8-9H,3-7H2,1-2H3,(H,12,16)(H,14,15)/t8?,9-/m0/s1. The molecule has 17 heavy (non-hydrogen) atoms. The largest absolute Gasteiger partial charge is 0.480 e. The van der Waals surface area contributed by atoms with Crippen LogP contribution in [0, 0.1) is 5.92 Å². The number of likely N-dealkylation sites (tertiary alicyclic amines) is 1. The fourth-order valence-electron chi connectivity index (χ4n) is 1.85. The number of aliphatic carboxylic acids is 1. The minimum absolute atomic E-state index is 0.247. The van der Waals surface area contributed by atoms with Gasteiger partial charge in [-0.2, -0.15) is 11.8 Å². The molecule has 0 radical (unpaired) electrons. The Morgan fingerprint density at radius 3 is 2.76 bits per heavy atom. The molecule has 0 bridgehead atoms. The molecule has 1 aliphatic rings. The normalized spacial score (nSPS) is 21.3. The van der Waals surface area contributed by atoms with Gasteiger partial charge in [-0.05, 0) is 30.8 Å². The zero-order valence-corrected chi connectivity index (χ0v) is 11.1. The minimum Gasteiger partial charge on any atom is -0.480 e. The number of hydrogen-bond donors (Lipinski definition) is 2. The summed E-state index contributed by atoms with van der Waals surface area (Å²) in [5.41, 5.74) is 0. The third-order valence-corrected chi connectivity index (χ3v) is 3.56. The Bertz CT molecular complexity index is 286. The van der Waals surface area contributed by atoms with Crippen molar-refractivity contribution in [2.75, 3.05) is 25.1 Å². The molecule has 1 heterocycles. The first-order valence-electron chi connectivity index (χ1n) is 5.81. The fourth-order valence-corrected chi connectivity index (χ4v) is 2.32. The Morgan fingerprint density at radius 1 is 1.59 bits per heavy atom. The lowest BCUT2D eigenvalue weighted by molar-refractivity contribution is -0.139. The van der Waals surface area contributed by atoms with Gasteiger partial charge in [0.25, 0.3) is 0 Å². The van der Waals surface area contributed by atoms with Crippen LogP contribution in [0.15, 0.2) is 0 Å². The maximum atomic E-state index is 11.8. The SMILES string of the molecule is CSCC[C@H](NC(=O)N1CCC(C)C1)C(=O)O. The Labute approximate surface area is 106 Å². The summed E-state index contributed by atoms with van der Waals surface area (Å²) in [7, 11) is 0. The molecular formula is C11H20N2O3S. The molecular weight excluding hydrogens is 240 g/mol. The number of carbonyl (C=O) groups excluding carboxylic acids is 1. The third kappa shape index (κ3) is 4.46. The molecule has 0 saturated carbocycles. The van der Waals surface area contributed by atoms with Gasteiger partial charge in [-0.1, -0.05) is 6.92 Å². The highest BCUT2D eigenvalue weighted by Crippen LogP contribution is 2.15. The second-order valence-corrected chi connectivity index (χ2v) is 5.45. The first kappa shape index (κ1) is 14.2. The summed E-state index contributed by atoms with van der Waals surface area (Å²) in [5.74, 6) is 0.281. The zero-order valence-electron chi connectivity index (χ0n) is 10.3. The van der Waals surface area contributed by atoms with Gasteiger partial charge >= 0.3 is 12.0 Å². The third-order valence-electron chi connectivity index (χ3n) is 2.92. The maximum Gasteiger partial charge on any atom is 0.326 e. The number of nitrogens with zero attached hydrogens (tertiary/aromatic N) is 1. The Hall–Kier alpha value is -0.910. The monoisotopic (exact) mass is 260 g/mol. The summed E-state index contributed by atoms with van der Waals surface area (Å²) in [6, 6.07) is -1.02. The highest BCUT2D eigenvalue weighted by atomic mass is 32.2. The van der Waals surface area contributed by atoms with E-state index >= 15 is 0 Å². The summed E-state index contributed by atoms with van der Waals surface area (Å²) >= 11 is 1.58. The molecule has 0 spiro atoms. The van der Waals surface area contributed by atoms with E-state index in [2.05, 4.69) is 12.2 Å². The van der Waals surface area contributed by atoms with Crippen LogP contribution < -0.4 is 5.32 Å². The fraction of sp³-hybridized carbons (Fsp3) is 0.818. The number of nitrogens with one attached hydrogen (secondary N) is 1. The second kappa shape index (κ2) is 6.74. The Balaban J connectivity index is 2.43. The van der Waals surface area contributed by atoms with E-state index < -0.39 is 12.0 Å². The lowest BCUT2D eigenvalue weighted by Gasteiger charge is -2.20. The van der Waals surface area contributed by atoms with Gasteiger partial charge in [0, 0.05) is 13.1 Å². The van der Waals surface area contributed by atoms with E-state index in [0.29, 0.717) is 12.3 Å². The molecule has 6 heteroatoms. The van der Waals surface area contributed by atoms with Gasteiger partial charge in [0.15, 0.2) is 0 Å². The van der Waals surface area contributed by atoms with Gasteiger partial charge in [-0.25, -0.2) is 9.59 Å². The number of urea groups is 1. The smallest absolute Gasteiger partial charge is 0.326 e. The highest BCUT2D eigenvalue weighted by Gasteiger charge is 2.26. The summed E-state index contributed by atoms with van der Waals surface area (Å²) in [4.78, 5) is 24.5. The van der Waals surface area contributed by atoms with E-state index in [9.17, 15) is 9.59 Å². The number of thioether (sulfide) groups is 1. The zero-order chi connectivity index (χ0) is 12.8. The average molecular weight is 260 g/mol. The van der Waals surface area contributed by atoms with Gasteiger partial charge in [-0.15, -0.1) is 0 Å².